The third-order valence-electron chi connectivity index (χ3n) is 4.75. The van der Waals surface area contributed by atoms with Crippen molar-refractivity contribution >= 4 is 17.5 Å². The molecule has 2 aromatic rings. The van der Waals surface area contributed by atoms with E-state index in [9.17, 15) is 4.79 Å². The second kappa shape index (κ2) is 7.36. The number of benzene rings is 2. The van der Waals surface area contributed by atoms with Gasteiger partial charge in [0.2, 0.25) is 5.91 Å². The molecule has 0 unspecified atom stereocenters. The largest absolute Gasteiger partial charge is 0.493 e. The van der Waals surface area contributed by atoms with Gasteiger partial charge in [-0.3, -0.25) is 4.79 Å². The number of halogens is 1. The van der Waals surface area contributed by atoms with Crippen LogP contribution < -0.4 is 14.8 Å². The first-order valence-electron chi connectivity index (χ1n) is 8.30. The predicted octanol–water partition coefficient (Wildman–Crippen LogP) is 3.75. The van der Waals surface area contributed by atoms with Crippen molar-refractivity contribution in [2.75, 3.05) is 20.8 Å². The molecule has 25 heavy (non-hydrogen) atoms. The van der Waals surface area contributed by atoms with Crippen molar-refractivity contribution in [3.8, 4) is 11.5 Å². The molecule has 4 nitrogen and oxygen atoms in total. The van der Waals surface area contributed by atoms with E-state index in [0.29, 0.717) is 24.5 Å². The van der Waals surface area contributed by atoms with Crippen LogP contribution in [0.4, 0.5) is 0 Å². The Bertz CT molecular complexity index is 754. The van der Waals surface area contributed by atoms with Crippen molar-refractivity contribution in [1.82, 2.24) is 5.32 Å². The first-order chi connectivity index (χ1) is 12.1. The number of amides is 1. The van der Waals surface area contributed by atoms with Crippen LogP contribution >= 0.6 is 11.6 Å². The Morgan fingerprint density at radius 1 is 1.08 bits per heavy atom. The highest BCUT2D eigenvalue weighted by Gasteiger charge is 2.44. The molecular formula is C20H22ClNO3. The normalized spacial score (nSPS) is 14.7. The van der Waals surface area contributed by atoms with Gasteiger partial charge >= 0.3 is 0 Å². The second-order valence-electron chi connectivity index (χ2n) is 6.43. The van der Waals surface area contributed by atoms with Gasteiger partial charge in [-0.2, -0.15) is 0 Å². The Balaban J connectivity index is 1.59. The minimum absolute atomic E-state index is 0.00691. The Morgan fingerprint density at radius 2 is 1.76 bits per heavy atom. The first kappa shape index (κ1) is 17.6. The summed E-state index contributed by atoms with van der Waals surface area (Å²) in [6, 6.07) is 13.4. The van der Waals surface area contributed by atoms with E-state index in [4.69, 9.17) is 21.1 Å². The molecule has 0 atom stereocenters. The number of ether oxygens (including phenoxy) is 2. The molecule has 5 heteroatoms. The van der Waals surface area contributed by atoms with Gasteiger partial charge in [-0.1, -0.05) is 29.8 Å². The van der Waals surface area contributed by atoms with Crippen molar-refractivity contribution in [1.29, 1.82) is 0 Å². The molecule has 0 aromatic heterocycles. The zero-order valence-electron chi connectivity index (χ0n) is 14.5. The molecule has 0 spiro atoms. The fourth-order valence-electron chi connectivity index (χ4n) is 3.03. The molecule has 3 rings (SSSR count). The Labute approximate surface area is 153 Å². The van der Waals surface area contributed by atoms with E-state index >= 15 is 0 Å². The molecule has 1 amide bonds. The van der Waals surface area contributed by atoms with Gasteiger partial charge in [-0.05, 0) is 48.2 Å². The van der Waals surface area contributed by atoms with E-state index in [1.165, 1.54) is 5.56 Å². The van der Waals surface area contributed by atoms with Crippen LogP contribution in [0.1, 0.15) is 24.0 Å². The maximum atomic E-state index is 12.3. The molecule has 1 fully saturated rings. The maximum absolute atomic E-state index is 12.3. The van der Waals surface area contributed by atoms with Crippen LogP contribution in [-0.4, -0.2) is 26.7 Å². The van der Waals surface area contributed by atoms with Crippen LogP contribution in [0.2, 0.25) is 5.02 Å². The lowest BCUT2D eigenvalue weighted by atomic mass is 9.96. The summed E-state index contributed by atoms with van der Waals surface area (Å²) in [5.74, 6) is 1.30. The van der Waals surface area contributed by atoms with Gasteiger partial charge in [0, 0.05) is 17.0 Å². The Morgan fingerprint density at radius 3 is 2.36 bits per heavy atom. The van der Waals surface area contributed by atoms with E-state index in [1.807, 2.05) is 30.3 Å². The van der Waals surface area contributed by atoms with Crippen LogP contribution in [-0.2, 0) is 16.6 Å². The van der Waals surface area contributed by atoms with Crippen LogP contribution in [0.25, 0.3) is 0 Å². The third-order valence-corrected chi connectivity index (χ3v) is 5.00. The first-order valence-corrected chi connectivity index (χ1v) is 8.68. The van der Waals surface area contributed by atoms with Crippen LogP contribution in [0, 0.1) is 0 Å². The lowest BCUT2D eigenvalue weighted by molar-refractivity contribution is -0.120. The van der Waals surface area contributed by atoms with Gasteiger partial charge in [-0.15, -0.1) is 0 Å². The van der Waals surface area contributed by atoms with Gasteiger partial charge in [-0.25, -0.2) is 0 Å². The van der Waals surface area contributed by atoms with E-state index in [-0.39, 0.29) is 11.3 Å². The van der Waals surface area contributed by atoms with Gasteiger partial charge in [0.15, 0.2) is 11.5 Å². The molecule has 132 valence electrons. The minimum Gasteiger partial charge on any atom is -0.493 e. The number of methoxy groups -OCH3 is 2. The smallest absolute Gasteiger partial charge is 0.224 e. The monoisotopic (exact) mass is 359 g/mol. The number of carbonyl (C=O) groups is 1. The summed E-state index contributed by atoms with van der Waals surface area (Å²) in [5, 5.41) is 3.80. The van der Waals surface area contributed by atoms with Gasteiger partial charge in [0.1, 0.15) is 0 Å². The SMILES string of the molecule is COc1ccc(CC(=O)NCC2(c3ccc(Cl)cc3)CC2)cc1OC. The zero-order valence-corrected chi connectivity index (χ0v) is 15.2. The highest BCUT2D eigenvalue weighted by Crippen LogP contribution is 2.47. The van der Waals surface area contributed by atoms with Crippen LogP contribution in [0.3, 0.4) is 0 Å². The van der Waals surface area contributed by atoms with Gasteiger partial charge in [0.05, 0.1) is 20.6 Å². The number of hydrogen-bond donors (Lipinski definition) is 1. The minimum atomic E-state index is 0.00691. The van der Waals surface area contributed by atoms with Crippen molar-refractivity contribution in [2.24, 2.45) is 0 Å². The maximum Gasteiger partial charge on any atom is 0.224 e. The van der Waals surface area contributed by atoms with E-state index < -0.39 is 0 Å². The molecule has 0 saturated heterocycles. The van der Waals surface area contributed by atoms with Gasteiger partial charge in [0.25, 0.3) is 0 Å². The van der Waals surface area contributed by atoms with Crippen molar-refractivity contribution < 1.29 is 14.3 Å². The summed E-state index contributed by atoms with van der Waals surface area (Å²) in [7, 11) is 3.18. The average molecular weight is 360 g/mol. The molecule has 1 N–H and O–H groups in total. The quantitative estimate of drug-likeness (QED) is 0.819. The lowest BCUT2D eigenvalue weighted by Crippen LogP contribution is -2.33. The van der Waals surface area contributed by atoms with E-state index in [2.05, 4.69) is 17.4 Å². The zero-order chi connectivity index (χ0) is 17.9. The summed E-state index contributed by atoms with van der Waals surface area (Å²) in [5.41, 5.74) is 2.20. The molecule has 0 heterocycles. The van der Waals surface area contributed by atoms with Crippen molar-refractivity contribution in [3.05, 3.63) is 58.6 Å². The predicted molar refractivity (Wildman–Crippen MR) is 98.6 cm³/mol. The molecule has 1 aliphatic carbocycles. The molecule has 0 aliphatic heterocycles. The molecule has 2 aromatic carbocycles. The average Bonchev–Trinajstić information content (AvgIpc) is 3.41. The summed E-state index contributed by atoms with van der Waals surface area (Å²) in [6.07, 6.45) is 2.49. The molecule has 1 saturated carbocycles. The molecular weight excluding hydrogens is 338 g/mol. The lowest BCUT2D eigenvalue weighted by Gasteiger charge is -2.17. The topological polar surface area (TPSA) is 47.6 Å². The van der Waals surface area contributed by atoms with Crippen molar-refractivity contribution in [3.63, 3.8) is 0 Å². The van der Waals surface area contributed by atoms with E-state index in [0.717, 1.165) is 23.4 Å². The highest BCUT2D eigenvalue weighted by molar-refractivity contribution is 6.30. The Hall–Kier alpha value is -2.20. The van der Waals surface area contributed by atoms with Crippen LogP contribution in [0.15, 0.2) is 42.5 Å². The number of rotatable bonds is 7. The molecule has 1 aliphatic rings. The number of nitrogens with one attached hydrogen (secondary N) is 1. The summed E-state index contributed by atoms with van der Waals surface area (Å²) >= 11 is 5.96. The summed E-state index contributed by atoms with van der Waals surface area (Å²) < 4.78 is 10.5. The molecule has 0 bridgehead atoms. The van der Waals surface area contributed by atoms with E-state index in [1.54, 1.807) is 14.2 Å². The second-order valence-corrected chi connectivity index (χ2v) is 6.87. The standard InChI is InChI=1S/C20H22ClNO3/c1-24-17-8-3-14(11-18(17)25-2)12-19(23)22-13-20(9-10-20)15-4-6-16(21)7-5-15/h3-8,11H,9-10,12-13H2,1-2H3,(H,22,23). The number of hydrogen-bond acceptors (Lipinski definition) is 3. The van der Waals surface area contributed by atoms with Crippen LogP contribution in [0.5, 0.6) is 11.5 Å². The molecule has 0 radical (unpaired) electrons. The number of carbonyl (C=O) groups excluding carboxylic acids is 1. The fraction of sp³-hybridized carbons (Fsp3) is 0.350. The fourth-order valence-corrected chi connectivity index (χ4v) is 3.15. The van der Waals surface area contributed by atoms with Gasteiger partial charge < -0.3 is 14.8 Å². The summed E-state index contributed by atoms with van der Waals surface area (Å²) in [6.45, 7) is 0.654. The van der Waals surface area contributed by atoms with Crippen molar-refractivity contribution in [2.45, 2.75) is 24.7 Å². The highest BCUT2D eigenvalue weighted by atomic mass is 35.5. The summed E-state index contributed by atoms with van der Waals surface area (Å²) in [4.78, 5) is 12.3. The Kier molecular flexibility index (Phi) is 5.19. The third kappa shape index (κ3) is 4.07.